The zero-order valence-corrected chi connectivity index (χ0v) is 18.8. The first kappa shape index (κ1) is 20.7. The standard InChI is InChI=1S/C21H32N4O.HI/c1-15-11-18(13-25(15)19-9-10-19)24-21(22-2)23-12-17-5-3-4-6-20(17)26-14-16-7-8-16;/h3-6,15-16,18-19H,7-14H2,1-2H3,(H2,22,23,24);1H. The lowest BCUT2D eigenvalue weighted by atomic mass is 10.2. The Morgan fingerprint density at radius 2 is 2.00 bits per heavy atom. The summed E-state index contributed by atoms with van der Waals surface area (Å²) in [5, 5.41) is 7.09. The molecule has 5 nitrogen and oxygen atoms in total. The number of nitrogens with one attached hydrogen (secondary N) is 2. The van der Waals surface area contributed by atoms with Crippen LogP contribution >= 0.6 is 24.0 Å². The summed E-state index contributed by atoms with van der Waals surface area (Å²) in [6.07, 6.45) is 6.57. The monoisotopic (exact) mass is 484 g/mol. The average molecular weight is 484 g/mol. The quantitative estimate of drug-likeness (QED) is 0.354. The summed E-state index contributed by atoms with van der Waals surface area (Å²) < 4.78 is 6.01. The Morgan fingerprint density at radius 1 is 1.22 bits per heavy atom. The van der Waals surface area contributed by atoms with E-state index in [4.69, 9.17) is 4.74 Å². The summed E-state index contributed by atoms with van der Waals surface area (Å²) in [4.78, 5) is 7.08. The van der Waals surface area contributed by atoms with Crippen molar-refractivity contribution < 1.29 is 4.74 Å². The number of nitrogens with zero attached hydrogens (tertiary/aromatic N) is 2. The number of hydrogen-bond acceptors (Lipinski definition) is 3. The summed E-state index contributed by atoms with van der Waals surface area (Å²) in [5.74, 6) is 2.65. The molecule has 1 aromatic rings. The molecule has 0 spiro atoms. The Kier molecular flexibility index (Phi) is 7.25. The summed E-state index contributed by atoms with van der Waals surface area (Å²) in [6.45, 7) is 5.06. The molecule has 1 aromatic carbocycles. The van der Waals surface area contributed by atoms with Crippen LogP contribution in [0.25, 0.3) is 0 Å². The number of hydrogen-bond donors (Lipinski definition) is 2. The normalized spacial score (nSPS) is 25.8. The first-order valence-corrected chi connectivity index (χ1v) is 10.2. The molecule has 3 fully saturated rings. The van der Waals surface area contributed by atoms with E-state index in [9.17, 15) is 0 Å². The molecule has 2 aliphatic carbocycles. The van der Waals surface area contributed by atoms with Crippen LogP contribution in [0.1, 0.15) is 44.6 Å². The van der Waals surface area contributed by atoms with E-state index in [0.717, 1.165) is 43.4 Å². The molecule has 0 bridgehead atoms. The molecule has 2 atom stereocenters. The Morgan fingerprint density at radius 3 is 2.70 bits per heavy atom. The van der Waals surface area contributed by atoms with Gasteiger partial charge in [0.15, 0.2) is 5.96 Å². The van der Waals surface area contributed by atoms with Gasteiger partial charge < -0.3 is 15.4 Å². The first-order chi connectivity index (χ1) is 12.7. The molecule has 0 amide bonds. The topological polar surface area (TPSA) is 48.9 Å². The average Bonchev–Trinajstić information content (AvgIpc) is 3.57. The van der Waals surface area contributed by atoms with Gasteiger partial charge in [0, 0.05) is 43.8 Å². The van der Waals surface area contributed by atoms with E-state index < -0.39 is 0 Å². The molecule has 6 heteroatoms. The number of aliphatic imine (C=N–C) groups is 1. The van der Waals surface area contributed by atoms with Crippen LogP contribution in [0.3, 0.4) is 0 Å². The molecule has 2 saturated carbocycles. The van der Waals surface area contributed by atoms with Gasteiger partial charge in [0.05, 0.1) is 6.61 Å². The Bertz CT molecular complexity index is 645. The number of guanidine groups is 1. The Balaban J connectivity index is 0.00000210. The predicted molar refractivity (Wildman–Crippen MR) is 121 cm³/mol. The van der Waals surface area contributed by atoms with Gasteiger partial charge in [0.25, 0.3) is 0 Å². The van der Waals surface area contributed by atoms with Gasteiger partial charge >= 0.3 is 0 Å². The van der Waals surface area contributed by atoms with Crippen LogP contribution in [0, 0.1) is 5.92 Å². The van der Waals surface area contributed by atoms with Gasteiger partial charge in [-0.15, -0.1) is 24.0 Å². The largest absolute Gasteiger partial charge is 0.493 e. The highest BCUT2D eigenvalue weighted by Gasteiger charge is 2.38. The molecule has 2 unspecified atom stereocenters. The second-order valence-electron chi connectivity index (χ2n) is 8.14. The lowest BCUT2D eigenvalue weighted by molar-refractivity contribution is 0.256. The molecular formula is C21H33IN4O. The summed E-state index contributed by atoms with van der Waals surface area (Å²) in [6, 6.07) is 10.3. The van der Waals surface area contributed by atoms with Crippen molar-refractivity contribution in [3.05, 3.63) is 29.8 Å². The maximum absolute atomic E-state index is 6.01. The van der Waals surface area contributed by atoms with Crippen LogP contribution in [0.5, 0.6) is 5.75 Å². The van der Waals surface area contributed by atoms with Crippen LogP contribution in [0.4, 0.5) is 0 Å². The number of para-hydroxylation sites is 1. The smallest absolute Gasteiger partial charge is 0.191 e. The van der Waals surface area contributed by atoms with Gasteiger partial charge in [-0.05, 0) is 51.0 Å². The number of likely N-dealkylation sites (tertiary alicyclic amines) is 1. The number of halogens is 1. The van der Waals surface area contributed by atoms with Crippen LogP contribution < -0.4 is 15.4 Å². The predicted octanol–water partition coefficient (Wildman–Crippen LogP) is 3.38. The fourth-order valence-corrected chi connectivity index (χ4v) is 3.93. The summed E-state index contributed by atoms with van der Waals surface area (Å²) in [7, 11) is 1.85. The highest BCUT2D eigenvalue weighted by atomic mass is 127. The van der Waals surface area contributed by atoms with E-state index in [1.165, 1.54) is 37.7 Å². The van der Waals surface area contributed by atoms with Crippen molar-refractivity contribution in [2.24, 2.45) is 10.9 Å². The maximum Gasteiger partial charge on any atom is 0.191 e. The molecule has 0 radical (unpaired) electrons. The third kappa shape index (κ3) is 5.73. The van der Waals surface area contributed by atoms with Crippen LogP contribution in [-0.2, 0) is 6.54 Å². The molecule has 2 N–H and O–H groups in total. The van der Waals surface area contributed by atoms with E-state index in [0.29, 0.717) is 12.1 Å². The molecule has 1 saturated heterocycles. The zero-order chi connectivity index (χ0) is 17.9. The molecule has 1 aliphatic heterocycles. The molecule has 1 heterocycles. The SMILES string of the molecule is CN=C(NCc1ccccc1OCC1CC1)NC1CC(C)N(C2CC2)C1.I. The van der Waals surface area contributed by atoms with Gasteiger partial charge in [0.2, 0.25) is 0 Å². The van der Waals surface area contributed by atoms with Gasteiger partial charge in [0.1, 0.15) is 5.75 Å². The van der Waals surface area contributed by atoms with E-state index in [-0.39, 0.29) is 24.0 Å². The van der Waals surface area contributed by atoms with E-state index >= 15 is 0 Å². The van der Waals surface area contributed by atoms with E-state index in [1.807, 2.05) is 13.1 Å². The second-order valence-corrected chi connectivity index (χ2v) is 8.14. The minimum atomic E-state index is 0. The number of benzene rings is 1. The molecule has 27 heavy (non-hydrogen) atoms. The Labute approximate surface area is 180 Å². The van der Waals surface area contributed by atoms with Crippen molar-refractivity contribution >= 4 is 29.9 Å². The minimum Gasteiger partial charge on any atom is -0.493 e. The number of ether oxygens (including phenoxy) is 1. The fraction of sp³-hybridized carbons (Fsp3) is 0.667. The van der Waals surface area contributed by atoms with Crippen LogP contribution in [0.2, 0.25) is 0 Å². The van der Waals surface area contributed by atoms with Crippen molar-refractivity contribution in [2.45, 2.75) is 63.7 Å². The van der Waals surface area contributed by atoms with Crippen molar-refractivity contribution in [1.29, 1.82) is 0 Å². The fourth-order valence-electron chi connectivity index (χ4n) is 3.93. The maximum atomic E-state index is 6.01. The molecule has 4 rings (SSSR count). The highest BCUT2D eigenvalue weighted by molar-refractivity contribution is 14.0. The van der Waals surface area contributed by atoms with Gasteiger partial charge in [-0.3, -0.25) is 9.89 Å². The first-order valence-electron chi connectivity index (χ1n) is 10.2. The Hall–Kier alpha value is -1.02. The third-order valence-electron chi connectivity index (χ3n) is 5.79. The van der Waals surface area contributed by atoms with Crippen LogP contribution in [-0.4, -0.2) is 49.2 Å². The molecule has 3 aliphatic rings. The zero-order valence-electron chi connectivity index (χ0n) is 16.5. The van der Waals surface area contributed by atoms with Crippen molar-refractivity contribution in [2.75, 3.05) is 20.2 Å². The molecule has 0 aromatic heterocycles. The van der Waals surface area contributed by atoms with Gasteiger partial charge in [-0.25, -0.2) is 0 Å². The van der Waals surface area contributed by atoms with Gasteiger partial charge in [-0.1, -0.05) is 18.2 Å². The highest BCUT2D eigenvalue weighted by Crippen LogP contribution is 2.33. The van der Waals surface area contributed by atoms with Gasteiger partial charge in [-0.2, -0.15) is 0 Å². The third-order valence-corrected chi connectivity index (χ3v) is 5.79. The van der Waals surface area contributed by atoms with Crippen molar-refractivity contribution in [3.63, 3.8) is 0 Å². The van der Waals surface area contributed by atoms with Crippen molar-refractivity contribution in [3.8, 4) is 5.75 Å². The lowest BCUT2D eigenvalue weighted by Gasteiger charge is -2.20. The molecule has 150 valence electrons. The minimum absolute atomic E-state index is 0. The van der Waals surface area contributed by atoms with E-state index in [1.54, 1.807) is 0 Å². The summed E-state index contributed by atoms with van der Waals surface area (Å²) in [5.41, 5.74) is 1.19. The lowest BCUT2D eigenvalue weighted by Crippen LogP contribution is -2.44. The van der Waals surface area contributed by atoms with Crippen LogP contribution in [0.15, 0.2) is 29.3 Å². The summed E-state index contributed by atoms with van der Waals surface area (Å²) >= 11 is 0. The van der Waals surface area contributed by atoms with E-state index in [2.05, 4.69) is 45.6 Å². The molecular weight excluding hydrogens is 451 g/mol. The second kappa shape index (κ2) is 9.45. The number of rotatable bonds is 7. The van der Waals surface area contributed by atoms with Crippen molar-refractivity contribution in [1.82, 2.24) is 15.5 Å².